The number of nitrogens with zero attached hydrogens (tertiary/aromatic N) is 1. The lowest BCUT2D eigenvalue weighted by molar-refractivity contribution is 0.312. The van der Waals surface area contributed by atoms with Gasteiger partial charge in [0.1, 0.15) is 0 Å². The summed E-state index contributed by atoms with van der Waals surface area (Å²) in [6, 6.07) is 0. The number of hydrogen-bond donors (Lipinski definition) is 1. The molecule has 15 heavy (non-hydrogen) atoms. The fourth-order valence-corrected chi connectivity index (χ4v) is 2.38. The van der Waals surface area contributed by atoms with E-state index in [2.05, 4.69) is 12.1 Å². The van der Waals surface area contributed by atoms with Gasteiger partial charge in [-0.25, -0.2) is 0 Å². The van der Waals surface area contributed by atoms with E-state index >= 15 is 0 Å². The largest absolute Gasteiger partial charge is 0.411 e. The van der Waals surface area contributed by atoms with E-state index in [0.29, 0.717) is 5.92 Å². The smallest absolute Gasteiger partial charge is 0.0598 e. The molecule has 0 radical (unpaired) electrons. The Hall–Kier alpha value is -0.530. The van der Waals surface area contributed by atoms with Gasteiger partial charge >= 0.3 is 0 Å². The minimum absolute atomic E-state index is 0.481. The van der Waals surface area contributed by atoms with Crippen LogP contribution in [0.3, 0.4) is 0 Å². The monoisotopic (exact) mass is 211 g/mol. The molecule has 1 aliphatic rings. The second-order valence-electron chi connectivity index (χ2n) is 4.86. The molecule has 1 rings (SSSR count). The van der Waals surface area contributed by atoms with Crippen LogP contribution in [0.1, 0.15) is 71.1 Å². The Bertz CT molecular complexity index is 189. The van der Waals surface area contributed by atoms with E-state index in [0.717, 1.165) is 12.1 Å². The van der Waals surface area contributed by atoms with E-state index in [-0.39, 0.29) is 0 Å². The van der Waals surface area contributed by atoms with Gasteiger partial charge in [-0.05, 0) is 25.2 Å². The Morgan fingerprint density at radius 1 is 0.933 bits per heavy atom. The molecule has 0 spiro atoms. The summed E-state index contributed by atoms with van der Waals surface area (Å²) < 4.78 is 0. The first-order chi connectivity index (χ1) is 7.34. The Balaban J connectivity index is 2.38. The second-order valence-corrected chi connectivity index (χ2v) is 4.86. The highest BCUT2D eigenvalue weighted by Crippen LogP contribution is 2.19. The molecule has 0 unspecified atom stereocenters. The van der Waals surface area contributed by atoms with E-state index in [1.54, 1.807) is 0 Å². The average Bonchev–Trinajstić information content (AvgIpc) is 2.23. The van der Waals surface area contributed by atoms with Gasteiger partial charge in [-0.1, -0.05) is 57.0 Å². The van der Waals surface area contributed by atoms with Crippen LogP contribution in [0.25, 0.3) is 0 Å². The molecule has 0 saturated heterocycles. The predicted octanol–water partition coefficient (Wildman–Crippen LogP) is 4.37. The Morgan fingerprint density at radius 2 is 1.47 bits per heavy atom. The predicted molar refractivity (Wildman–Crippen MR) is 64.6 cm³/mol. The van der Waals surface area contributed by atoms with Gasteiger partial charge in [-0.15, -0.1) is 0 Å². The lowest BCUT2D eigenvalue weighted by atomic mass is 9.93. The minimum atomic E-state index is 0.481. The van der Waals surface area contributed by atoms with Crippen molar-refractivity contribution in [2.75, 3.05) is 0 Å². The molecule has 0 heterocycles. The molecule has 1 saturated carbocycles. The average molecular weight is 211 g/mol. The standard InChI is InChI=1S/C13H25NO/c1-12-10-8-6-4-2-3-5-7-9-11-13(12)14-15/h12,15H,2-11H2,1H3/b14-13-/t12-/m0/s1. The van der Waals surface area contributed by atoms with Crippen LogP contribution in [0.5, 0.6) is 0 Å². The van der Waals surface area contributed by atoms with Gasteiger partial charge in [-0.2, -0.15) is 0 Å². The maximum absolute atomic E-state index is 8.95. The summed E-state index contributed by atoms with van der Waals surface area (Å²) in [5.41, 5.74) is 1.02. The fourth-order valence-electron chi connectivity index (χ4n) is 2.38. The molecule has 1 atom stereocenters. The van der Waals surface area contributed by atoms with Gasteiger partial charge in [-0.3, -0.25) is 0 Å². The highest BCUT2D eigenvalue weighted by atomic mass is 16.4. The first kappa shape index (κ1) is 12.5. The SMILES string of the molecule is C[C@H]1CCCCCCCCCC/C1=N/O. The van der Waals surface area contributed by atoms with Gasteiger partial charge in [0.15, 0.2) is 0 Å². The lowest BCUT2D eigenvalue weighted by Gasteiger charge is -2.14. The zero-order valence-electron chi connectivity index (χ0n) is 10.0. The van der Waals surface area contributed by atoms with E-state index in [9.17, 15) is 0 Å². The van der Waals surface area contributed by atoms with Crippen molar-refractivity contribution in [3.63, 3.8) is 0 Å². The van der Waals surface area contributed by atoms with E-state index < -0.39 is 0 Å². The highest BCUT2D eigenvalue weighted by molar-refractivity contribution is 5.85. The summed E-state index contributed by atoms with van der Waals surface area (Å²) in [6.07, 6.45) is 12.9. The molecule has 0 bridgehead atoms. The molecule has 0 aromatic heterocycles. The van der Waals surface area contributed by atoms with E-state index in [4.69, 9.17) is 5.21 Å². The molecule has 0 aliphatic heterocycles. The lowest BCUT2D eigenvalue weighted by Crippen LogP contribution is -2.11. The first-order valence-corrected chi connectivity index (χ1v) is 6.55. The van der Waals surface area contributed by atoms with Gasteiger partial charge in [0.25, 0.3) is 0 Å². The molecule has 2 nitrogen and oxygen atoms in total. The summed E-state index contributed by atoms with van der Waals surface area (Å²) in [4.78, 5) is 0. The van der Waals surface area contributed by atoms with Crippen LogP contribution in [-0.4, -0.2) is 10.9 Å². The van der Waals surface area contributed by atoms with Crippen molar-refractivity contribution >= 4 is 5.71 Å². The zero-order valence-corrected chi connectivity index (χ0v) is 10.0. The molecule has 2 heteroatoms. The third kappa shape index (κ3) is 5.19. The Morgan fingerprint density at radius 3 is 2.07 bits per heavy atom. The van der Waals surface area contributed by atoms with Gasteiger partial charge < -0.3 is 5.21 Å². The third-order valence-electron chi connectivity index (χ3n) is 3.52. The molecule has 88 valence electrons. The number of rotatable bonds is 0. The first-order valence-electron chi connectivity index (χ1n) is 6.55. The van der Waals surface area contributed by atoms with E-state index in [1.807, 2.05) is 0 Å². The molecular formula is C13H25NO. The molecule has 0 aromatic carbocycles. The normalized spacial score (nSPS) is 29.4. The Labute approximate surface area is 93.8 Å². The highest BCUT2D eigenvalue weighted by Gasteiger charge is 2.11. The van der Waals surface area contributed by atoms with Crippen molar-refractivity contribution in [1.29, 1.82) is 0 Å². The van der Waals surface area contributed by atoms with E-state index in [1.165, 1.54) is 57.8 Å². The van der Waals surface area contributed by atoms with Gasteiger partial charge in [0, 0.05) is 0 Å². The number of oxime groups is 1. The van der Waals surface area contributed by atoms with Gasteiger partial charge in [0.05, 0.1) is 5.71 Å². The second kappa shape index (κ2) is 7.72. The molecule has 0 amide bonds. The molecule has 1 fully saturated rings. The summed E-state index contributed by atoms with van der Waals surface area (Å²) in [6.45, 7) is 2.20. The topological polar surface area (TPSA) is 32.6 Å². The van der Waals surface area contributed by atoms with Crippen molar-refractivity contribution in [2.24, 2.45) is 11.1 Å². The Kier molecular flexibility index (Phi) is 6.45. The fraction of sp³-hybridized carbons (Fsp3) is 0.923. The maximum atomic E-state index is 8.95. The molecular weight excluding hydrogens is 186 g/mol. The maximum Gasteiger partial charge on any atom is 0.0598 e. The van der Waals surface area contributed by atoms with Crippen molar-refractivity contribution < 1.29 is 5.21 Å². The van der Waals surface area contributed by atoms with Crippen LogP contribution in [0, 0.1) is 5.92 Å². The molecule has 1 aliphatic carbocycles. The van der Waals surface area contributed by atoms with Crippen LogP contribution in [-0.2, 0) is 0 Å². The van der Waals surface area contributed by atoms with Crippen LogP contribution >= 0.6 is 0 Å². The summed E-state index contributed by atoms with van der Waals surface area (Å²) in [7, 11) is 0. The minimum Gasteiger partial charge on any atom is -0.411 e. The summed E-state index contributed by atoms with van der Waals surface area (Å²) in [5.74, 6) is 0.481. The quantitative estimate of drug-likeness (QED) is 0.468. The van der Waals surface area contributed by atoms with Crippen molar-refractivity contribution in [3.05, 3.63) is 0 Å². The molecule has 0 aromatic rings. The number of hydrogen-bond acceptors (Lipinski definition) is 2. The van der Waals surface area contributed by atoms with Crippen LogP contribution in [0.4, 0.5) is 0 Å². The van der Waals surface area contributed by atoms with Crippen molar-refractivity contribution in [1.82, 2.24) is 0 Å². The van der Waals surface area contributed by atoms with Crippen LogP contribution < -0.4 is 0 Å². The molecule has 1 N–H and O–H groups in total. The summed E-state index contributed by atoms with van der Waals surface area (Å²) >= 11 is 0. The zero-order chi connectivity index (χ0) is 10.9. The van der Waals surface area contributed by atoms with Crippen LogP contribution in [0.15, 0.2) is 5.16 Å². The van der Waals surface area contributed by atoms with Crippen LogP contribution in [0.2, 0.25) is 0 Å². The van der Waals surface area contributed by atoms with Crippen molar-refractivity contribution in [2.45, 2.75) is 71.1 Å². The van der Waals surface area contributed by atoms with Crippen molar-refractivity contribution in [3.8, 4) is 0 Å². The van der Waals surface area contributed by atoms with Gasteiger partial charge in [0.2, 0.25) is 0 Å². The summed E-state index contributed by atoms with van der Waals surface area (Å²) in [5, 5.41) is 12.4. The third-order valence-corrected chi connectivity index (χ3v) is 3.52.